The zero-order chi connectivity index (χ0) is 14.5. The second-order valence-electron chi connectivity index (χ2n) is 5.84. The number of hydrogen-bond acceptors (Lipinski definition) is 3. The van der Waals surface area contributed by atoms with Gasteiger partial charge in [-0.25, -0.2) is 4.79 Å². The van der Waals surface area contributed by atoms with Crippen LogP contribution in [0.3, 0.4) is 0 Å². The van der Waals surface area contributed by atoms with E-state index in [0.717, 1.165) is 39.0 Å². The molecule has 2 rings (SSSR count). The predicted octanol–water partition coefficient (Wildman–Crippen LogP) is 1.07. The van der Waals surface area contributed by atoms with Gasteiger partial charge in [0, 0.05) is 32.7 Å². The lowest BCUT2D eigenvalue weighted by Crippen LogP contribution is -2.46. The lowest BCUT2D eigenvalue weighted by molar-refractivity contribution is -0.138. The van der Waals surface area contributed by atoms with Gasteiger partial charge in [0.1, 0.15) is 0 Å². The second-order valence-corrected chi connectivity index (χ2v) is 5.84. The zero-order valence-electron chi connectivity index (χ0n) is 12.3. The molecule has 6 nitrogen and oxygen atoms in total. The molecule has 2 heterocycles. The molecule has 1 unspecified atom stereocenters. The minimum absolute atomic E-state index is 0.0204. The molecule has 0 aromatic heterocycles. The van der Waals surface area contributed by atoms with Crippen molar-refractivity contribution in [2.24, 2.45) is 0 Å². The first-order valence-corrected chi connectivity index (χ1v) is 7.54. The number of carboxylic acid groups (broad SMARTS) is 1. The molecule has 1 N–H and O–H groups in total. The van der Waals surface area contributed by atoms with Crippen LogP contribution in [0.2, 0.25) is 0 Å². The Kier molecular flexibility index (Phi) is 5.23. The molecule has 0 aromatic carbocycles. The fraction of sp³-hybridized carbons (Fsp3) is 0.857. The van der Waals surface area contributed by atoms with Crippen molar-refractivity contribution in [3.63, 3.8) is 0 Å². The monoisotopic (exact) mass is 283 g/mol. The van der Waals surface area contributed by atoms with Crippen molar-refractivity contribution in [2.45, 2.75) is 38.1 Å². The van der Waals surface area contributed by atoms with Crippen molar-refractivity contribution in [2.75, 3.05) is 39.8 Å². The molecule has 0 radical (unpaired) electrons. The summed E-state index contributed by atoms with van der Waals surface area (Å²) in [7, 11) is 1.81. The maximum atomic E-state index is 12.4. The van der Waals surface area contributed by atoms with Gasteiger partial charge in [-0.3, -0.25) is 4.79 Å². The van der Waals surface area contributed by atoms with Crippen molar-refractivity contribution in [3.8, 4) is 0 Å². The number of likely N-dealkylation sites (tertiary alicyclic amines) is 2. The summed E-state index contributed by atoms with van der Waals surface area (Å²) in [6, 6.07) is -0.151. The van der Waals surface area contributed by atoms with Crippen molar-refractivity contribution in [1.82, 2.24) is 14.7 Å². The van der Waals surface area contributed by atoms with E-state index in [9.17, 15) is 9.59 Å². The number of hydrogen-bond donors (Lipinski definition) is 1. The Bertz CT molecular complexity index is 356. The largest absolute Gasteiger partial charge is 0.481 e. The van der Waals surface area contributed by atoms with Crippen molar-refractivity contribution in [1.29, 1.82) is 0 Å². The standard InChI is InChI=1S/C14H25N3O3/c1-15(9-10-16-6-2-3-7-16)14(20)17-8-4-5-12(17)11-13(18)19/h12H,2-11H2,1H3,(H,18,19). The van der Waals surface area contributed by atoms with Crippen LogP contribution in [0.15, 0.2) is 0 Å². The molecule has 2 amide bonds. The van der Waals surface area contributed by atoms with E-state index in [4.69, 9.17) is 5.11 Å². The normalized spacial score (nSPS) is 23.2. The molecule has 0 bridgehead atoms. The molecule has 0 spiro atoms. The van der Waals surface area contributed by atoms with Crippen LogP contribution in [-0.2, 0) is 4.79 Å². The summed E-state index contributed by atoms with van der Waals surface area (Å²) in [6.45, 7) is 4.58. The average Bonchev–Trinajstić information content (AvgIpc) is 3.05. The van der Waals surface area contributed by atoms with Crippen LogP contribution in [0.5, 0.6) is 0 Å². The van der Waals surface area contributed by atoms with Crippen molar-refractivity contribution in [3.05, 3.63) is 0 Å². The quantitative estimate of drug-likeness (QED) is 0.820. The van der Waals surface area contributed by atoms with E-state index in [2.05, 4.69) is 4.90 Å². The topological polar surface area (TPSA) is 64.1 Å². The van der Waals surface area contributed by atoms with Crippen LogP contribution in [0.4, 0.5) is 4.79 Å². The maximum Gasteiger partial charge on any atom is 0.320 e. The fourth-order valence-corrected chi connectivity index (χ4v) is 3.11. The highest BCUT2D eigenvalue weighted by Crippen LogP contribution is 2.21. The number of carboxylic acids is 1. The van der Waals surface area contributed by atoms with Crippen molar-refractivity contribution >= 4 is 12.0 Å². The maximum absolute atomic E-state index is 12.4. The number of carbonyl (C=O) groups excluding carboxylic acids is 1. The molecule has 0 saturated carbocycles. The molecular formula is C14H25N3O3. The van der Waals surface area contributed by atoms with E-state index in [1.807, 2.05) is 7.05 Å². The third-order valence-corrected chi connectivity index (χ3v) is 4.31. The zero-order valence-corrected chi connectivity index (χ0v) is 12.3. The summed E-state index contributed by atoms with van der Waals surface area (Å²) < 4.78 is 0. The molecular weight excluding hydrogens is 258 g/mol. The van der Waals surface area contributed by atoms with E-state index in [1.165, 1.54) is 12.8 Å². The number of nitrogens with zero attached hydrogens (tertiary/aromatic N) is 3. The second kappa shape index (κ2) is 6.92. The summed E-state index contributed by atoms with van der Waals surface area (Å²) in [5.74, 6) is -0.825. The van der Waals surface area contributed by atoms with Crippen LogP contribution in [0.25, 0.3) is 0 Å². The van der Waals surface area contributed by atoms with Gasteiger partial charge in [-0.15, -0.1) is 0 Å². The smallest absolute Gasteiger partial charge is 0.320 e. The number of amides is 2. The minimum Gasteiger partial charge on any atom is -0.481 e. The van der Waals surface area contributed by atoms with E-state index >= 15 is 0 Å². The van der Waals surface area contributed by atoms with E-state index < -0.39 is 5.97 Å². The van der Waals surface area contributed by atoms with Gasteiger partial charge in [-0.1, -0.05) is 0 Å². The molecule has 0 aliphatic carbocycles. The Morgan fingerprint density at radius 3 is 2.55 bits per heavy atom. The Morgan fingerprint density at radius 2 is 1.90 bits per heavy atom. The number of aliphatic carboxylic acids is 1. The van der Waals surface area contributed by atoms with Gasteiger partial charge in [0.2, 0.25) is 0 Å². The first-order chi connectivity index (χ1) is 9.58. The molecule has 2 aliphatic heterocycles. The Hall–Kier alpha value is -1.30. The molecule has 2 saturated heterocycles. The van der Waals surface area contributed by atoms with Gasteiger partial charge in [0.15, 0.2) is 0 Å². The lowest BCUT2D eigenvalue weighted by atomic mass is 10.1. The van der Waals surface area contributed by atoms with Crippen molar-refractivity contribution < 1.29 is 14.7 Å². The fourth-order valence-electron chi connectivity index (χ4n) is 3.11. The summed E-state index contributed by atoms with van der Waals surface area (Å²) in [6.07, 6.45) is 4.28. The number of carbonyl (C=O) groups is 2. The van der Waals surface area contributed by atoms with E-state index in [0.29, 0.717) is 6.54 Å². The third kappa shape index (κ3) is 3.85. The van der Waals surface area contributed by atoms with Gasteiger partial charge >= 0.3 is 12.0 Å². The van der Waals surface area contributed by atoms with Crippen LogP contribution >= 0.6 is 0 Å². The van der Waals surface area contributed by atoms with E-state index in [1.54, 1.807) is 9.80 Å². The van der Waals surface area contributed by atoms with Crippen LogP contribution in [-0.4, -0.2) is 77.6 Å². The van der Waals surface area contributed by atoms with Gasteiger partial charge < -0.3 is 19.8 Å². The summed E-state index contributed by atoms with van der Waals surface area (Å²) in [4.78, 5) is 29.1. The van der Waals surface area contributed by atoms with Gasteiger partial charge in [0.25, 0.3) is 0 Å². The molecule has 114 valence electrons. The van der Waals surface area contributed by atoms with Gasteiger partial charge in [-0.2, -0.15) is 0 Å². The highest BCUT2D eigenvalue weighted by molar-refractivity contribution is 5.76. The Labute approximate surface area is 120 Å². The predicted molar refractivity (Wildman–Crippen MR) is 75.7 cm³/mol. The van der Waals surface area contributed by atoms with Crippen LogP contribution < -0.4 is 0 Å². The summed E-state index contributed by atoms with van der Waals surface area (Å²) in [5, 5.41) is 8.90. The highest BCUT2D eigenvalue weighted by atomic mass is 16.4. The van der Waals surface area contributed by atoms with Crippen LogP contribution in [0.1, 0.15) is 32.1 Å². The highest BCUT2D eigenvalue weighted by Gasteiger charge is 2.32. The summed E-state index contributed by atoms with van der Waals surface area (Å²) in [5.41, 5.74) is 0. The first kappa shape index (κ1) is 15.1. The van der Waals surface area contributed by atoms with Gasteiger partial charge in [-0.05, 0) is 38.8 Å². The number of likely N-dealkylation sites (N-methyl/N-ethyl adjacent to an activating group) is 1. The molecule has 20 heavy (non-hydrogen) atoms. The lowest BCUT2D eigenvalue weighted by Gasteiger charge is -2.30. The molecule has 2 aliphatic rings. The van der Waals surface area contributed by atoms with Crippen LogP contribution in [0, 0.1) is 0 Å². The third-order valence-electron chi connectivity index (χ3n) is 4.31. The molecule has 1 atom stereocenters. The molecule has 6 heteroatoms. The average molecular weight is 283 g/mol. The number of rotatable bonds is 5. The minimum atomic E-state index is -0.825. The van der Waals surface area contributed by atoms with Gasteiger partial charge in [0.05, 0.1) is 6.42 Å². The number of urea groups is 1. The Balaban J connectivity index is 1.80. The Morgan fingerprint density at radius 1 is 1.20 bits per heavy atom. The molecule has 2 fully saturated rings. The molecule has 0 aromatic rings. The SMILES string of the molecule is CN(CCN1CCCC1)C(=O)N1CCCC1CC(=O)O. The summed E-state index contributed by atoms with van der Waals surface area (Å²) >= 11 is 0. The van der Waals surface area contributed by atoms with E-state index in [-0.39, 0.29) is 18.5 Å². The first-order valence-electron chi connectivity index (χ1n) is 7.54.